The number of fused-ring (bicyclic) bond motifs is 1. The molecule has 0 saturated carbocycles. The highest BCUT2D eigenvalue weighted by atomic mass is 19.1. The lowest BCUT2D eigenvalue weighted by atomic mass is 9.98. The van der Waals surface area contributed by atoms with Gasteiger partial charge in [0.2, 0.25) is 11.5 Å². The maximum Gasteiger partial charge on any atom is 0.251 e. The molecule has 1 aromatic heterocycles. The Bertz CT molecular complexity index is 1770. The second kappa shape index (κ2) is 11.8. The number of imidazole rings is 1. The van der Waals surface area contributed by atoms with Crippen LogP contribution >= 0.6 is 0 Å². The van der Waals surface area contributed by atoms with E-state index in [4.69, 9.17) is 23.9 Å². The first-order chi connectivity index (χ1) is 20.9. The van der Waals surface area contributed by atoms with Gasteiger partial charge in [-0.05, 0) is 42.3 Å². The standard InChI is InChI=1S/C34H32FN3O5/c1-34(20-41-21-34)38-27-16-24(33(39)36-2)14-15-26(27)37-32(38)25-17-28(40-3)30(42-18-22-10-6-4-7-11-22)31(29(25)35)43-19-23-12-8-5-9-13-23/h4-17H,18-21H2,1-3H3,(H,36,39). The number of methoxy groups -OCH3 is 1. The predicted molar refractivity (Wildman–Crippen MR) is 161 cm³/mol. The Hall–Kier alpha value is -4.89. The van der Waals surface area contributed by atoms with E-state index in [9.17, 15) is 4.79 Å². The zero-order valence-electron chi connectivity index (χ0n) is 24.2. The van der Waals surface area contributed by atoms with E-state index in [1.54, 1.807) is 31.3 Å². The Morgan fingerprint density at radius 1 is 0.953 bits per heavy atom. The smallest absolute Gasteiger partial charge is 0.251 e. The SMILES string of the molecule is CNC(=O)c1ccc2nc(-c3cc(OC)c(OCc4ccccc4)c(OCc4ccccc4)c3F)n(C3(C)COC3)c2c1. The van der Waals surface area contributed by atoms with Crippen LogP contribution in [0, 0.1) is 5.82 Å². The van der Waals surface area contributed by atoms with Crippen LogP contribution in [0.2, 0.25) is 0 Å². The topological polar surface area (TPSA) is 83.8 Å². The van der Waals surface area contributed by atoms with Gasteiger partial charge in [-0.1, -0.05) is 60.7 Å². The van der Waals surface area contributed by atoms with Crippen molar-refractivity contribution in [1.82, 2.24) is 14.9 Å². The Kier molecular flexibility index (Phi) is 7.73. The summed E-state index contributed by atoms with van der Waals surface area (Å²) in [6, 6.07) is 26.0. The maximum atomic E-state index is 16.8. The summed E-state index contributed by atoms with van der Waals surface area (Å²) in [5.74, 6) is -0.109. The summed E-state index contributed by atoms with van der Waals surface area (Å²) in [6.45, 7) is 3.14. The van der Waals surface area contributed by atoms with Crippen LogP contribution in [0.15, 0.2) is 84.9 Å². The number of halogens is 1. The molecule has 0 spiro atoms. The van der Waals surface area contributed by atoms with Crippen molar-refractivity contribution in [3.8, 4) is 28.6 Å². The third-order valence-corrected chi connectivity index (χ3v) is 7.56. The highest BCUT2D eigenvalue weighted by Crippen LogP contribution is 2.47. The lowest BCUT2D eigenvalue weighted by Crippen LogP contribution is -2.49. The van der Waals surface area contributed by atoms with Gasteiger partial charge in [-0.3, -0.25) is 4.79 Å². The van der Waals surface area contributed by atoms with Crippen LogP contribution in [-0.2, 0) is 23.5 Å². The summed E-state index contributed by atoms with van der Waals surface area (Å²) >= 11 is 0. The molecule has 1 aliphatic heterocycles. The predicted octanol–water partition coefficient (Wildman–Crippen LogP) is 6.11. The van der Waals surface area contributed by atoms with Gasteiger partial charge in [0.05, 0.1) is 42.5 Å². The molecule has 1 saturated heterocycles. The lowest BCUT2D eigenvalue weighted by molar-refractivity contribution is -0.0868. The molecule has 0 radical (unpaired) electrons. The van der Waals surface area contributed by atoms with E-state index in [1.807, 2.05) is 72.2 Å². The van der Waals surface area contributed by atoms with E-state index in [0.29, 0.717) is 41.4 Å². The molecule has 5 aromatic rings. The molecule has 0 aliphatic carbocycles. The summed E-state index contributed by atoms with van der Waals surface area (Å²) in [7, 11) is 3.09. The monoisotopic (exact) mass is 581 g/mol. The van der Waals surface area contributed by atoms with E-state index in [0.717, 1.165) is 11.1 Å². The first-order valence-corrected chi connectivity index (χ1v) is 14.0. The largest absolute Gasteiger partial charge is 0.493 e. The molecule has 1 aliphatic rings. The van der Waals surface area contributed by atoms with E-state index in [2.05, 4.69) is 5.32 Å². The van der Waals surface area contributed by atoms with Crippen LogP contribution in [0.4, 0.5) is 4.39 Å². The highest BCUT2D eigenvalue weighted by molar-refractivity contribution is 5.98. The Morgan fingerprint density at radius 3 is 2.14 bits per heavy atom. The van der Waals surface area contributed by atoms with Gasteiger partial charge >= 0.3 is 0 Å². The molecule has 8 nitrogen and oxygen atoms in total. The fraction of sp³-hybridized carbons (Fsp3) is 0.235. The number of nitrogens with one attached hydrogen (secondary N) is 1. The Labute approximate surface area is 249 Å². The molecule has 6 rings (SSSR count). The van der Waals surface area contributed by atoms with Gasteiger partial charge in [0.15, 0.2) is 11.6 Å². The van der Waals surface area contributed by atoms with Crippen LogP contribution in [0.3, 0.4) is 0 Å². The second-order valence-corrected chi connectivity index (χ2v) is 10.7. The lowest BCUT2D eigenvalue weighted by Gasteiger charge is -2.41. The molecule has 0 unspecified atom stereocenters. The minimum Gasteiger partial charge on any atom is -0.493 e. The number of benzene rings is 4. The van der Waals surface area contributed by atoms with Crippen molar-refractivity contribution >= 4 is 16.9 Å². The third-order valence-electron chi connectivity index (χ3n) is 7.56. The van der Waals surface area contributed by atoms with Crippen molar-refractivity contribution in [2.45, 2.75) is 25.7 Å². The van der Waals surface area contributed by atoms with Crippen molar-refractivity contribution in [2.75, 3.05) is 27.4 Å². The molecular weight excluding hydrogens is 549 g/mol. The summed E-state index contributed by atoms with van der Waals surface area (Å²) in [5, 5.41) is 2.66. The summed E-state index contributed by atoms with van der Waals surface area (Å²) in [6.07, 6.45) is 0. The average Bonchev–Trinajstić information content (AvgIpc) is 3.41. The zero-order valence-corrected chi connectivity index (χ0v) is 24.2. The molecule has 9 heteroatoms. The van der Waals surface area contributed by atoms with Crippen LogP contribution in [0.1, 0.15) is 28.4 Å². The van der Waals surface area contributed by atoms with E-state index < -0.39 is 11.4 Å². The van der Waals surface area contributed by atoms with Crippen LogP contribution in [0.5, 0.6) is 17.2 Å². The minimum absolute atomic E-state index is 0.0752. The number of carbonyl (C=O) groups excluding carboxylic acids is 1. The maximum absolute atomic E-state index is 16.8. The number of ether oxygens (including phenoxy) is 4. The Morgan fingerprint density at radius 2 is 1.58 bits per heavy atom. The molecule has 0 bridgehead atoms. The number of hydrogen-bond acceptors (Lipinski definition) is 6. The first kappa shape index (κ1) is 28.2. The third kappa shape index (κ3) is 5.39. The first-order valence-electron chi connectivity index (χ1n) is 14.0. The van der Waals surface area contributed by atoms with Crippen molar-refractivity contribution in [3.63, 3.8) is 0 Å². The van der Waals surface area contributed by atoms with E-state index in [1.165, 1.54) is 7.11 Å². The normalized spacial score (nSPS) is 13.8. The van der Waals surface area contributed by atoms with Crippen LogP contribution in [0.25, 0.3) is 22.4 Å². The molecular formula is C34H32FN3O5. The number of aromatic nitrogens is 2. The van der Waals surface area contributed by atoms with Gasteiger partial charge in [-0.25, -0.2) is 9.37 Å². The van der Waals surface area contributed by atoms with Crippen molar-refractivity contribution in [2.24, 2.45) is 0 Å². The number of amides is 1. The van der Waals surface area contributed by atoms with Gasteiger partial charge in [-0.2, -0.15) is 0 Å². The van der Waals surface area contributed by atoms with Gasteiger partial charge in [0.25, 0.3) is 5.91 Å². The summed E-state index contributed by atoms with van der Waals surface area (Å²) in [4.78, 5) is 17.3. The number of carbonyl (C=O) groups is 1. The minimum atomic E-state index is -0.633. The number of nitrogens with zero attached hydrogens (tertiary/aromatic N) is 2. The van der Waals surface area contributed by atoms with Crippen LogP contribution in [-0.4, -0.2) is 42.8 Å². The van der Waals surface area contributed by atoms with E-state index >= 15 is 4.39 Å². The molecule has 43 heavy (non-hydrogen) atoms. The van der Waals surface area contributed by atoms with Gasteiger partial charge in [-0.15, -0.1) is 0 Å². The molecule has 220 valence electrons. The van der Waals surface area contributed by atoms with Gasteiger partial charge < -0.3 is 28.8 Å². The fourth-order valence-electron chi connectivity index (χ4n) is 5.25. The van der Waals surface area contributed by atoms with E-state index in [-0.39, 0.29) is 36.2 Å². The Balaban J connectivity index is 1.52. The quantitative estimate of drug-likeness (QED) is 0.214. The molecule has 2 heterocycles. The number of hydrogen-bond donors (Lipinski definition) is 1. The molecule has 1 amide bonds. The average molecular weight is 582 g/mol. The summed E-state index contributed by atoms with van der Waals surface area (Å²) in [5.41, 5.74) is 3.22. The van der Waals surface area contributed by atoms with Gasteiger partial charge in [0, 0.05) is 12.6 Å². The van der Waals surface area contributed by atoms with Crippen molar-refractivity contribution < 1.29 is 28.1 Å². The van der Waals surface area contributed by atoms with Crippen molar-refractivity contribution in [3.05, 3.63) is 107 Å². The molecule has 0 atom stereocenters. The summed E-state index contributed by atoms with van der Waals surface area (Å²) < 4.78 is 42.5. The number of rotatable bonds is 10. The second-order valence-electron chi connectivity index (χ2n) is 10.7. The molecule has 1 fully saturated rings. The van der Waals surface area contributed by atoms with Crippen LogP contribution < -0.4 is 19.5 Å². The fourth-order valence-corrected chi connectivity index (χ4v) is 5.25. The molecule has 1 N–H and O–H groups in total. The highest BCUT2D eigenvalue weighted by Gasteiger charge is 2.40. The van der Waals surface area contributed by atoms with Gasteiger partial charge in [0.1, 0.15) is 19.0 Å². The zero-order chi connectivity index (χ0) is 30.0. The van der Waals surface area contributed by atoms with Crippen molar-refractivity contribution in [1.29, 1.82) is 0 Å². The molecule has 4 aromatic carbocycles.